The zero-order valence-corrected chi connectivity index (χ0v) is 12.0. The molecule has 0 heterocycles. The number of rotatable bonds is 3. The molecule has 3 rings (SSSR count). The predicted molar refractivity (Wildman–Crippen MR) is 76.7 cm³/mol. The first-order valence-electron chi connectivity index (χ1n) is 7.08. The molecule has 2 fully saturated rings. The van der Waals surface area contributed by atoms with Crippen LogP contribution in [0.2, 0.25) is 0 Å². The Morgan fingerprint density at radius 3 is 2.12 bits per heavy atom. The van der Waals surface area contributed by atoms with Crippen molar-refractivity contribution in [2.45, 2.75) is 55.7 Å². The Balaban J connectivity index is 1.70. The summed E-state index contributed by atoms with van der Waals surface area (Å²) >= 11 is 3.83. The Morgan fingerprint density at radius 2 is 1.53 bits per heavy atom. The van der Waals surface area contributed by atoms with E-state index < -0.39 is 0 Å². The molecule has 0 amide bonds. The first kappa shape index (κ1) is 11.8. The molecule has 1 heteroatoms. The molecule has 0 radical (unpaired) electrons. The molecular formula is C16H21Br. The average Bonchev–Trinajstić information content (AvgIpc) is 3.24. The lowest BCUT2D eigenvalue weighted by Crippen LogP contribution is -2.04. The Bertz CT molecular complexity index is 358. The standard InChI is InChI=1S/C16H21Br/c17-16(15-10-11-15)14-8-6-13(7-9-14)12-4-2-1-3-5-12/h6-9,12,15-16H,1-5,10-11H2. The molecule has 2 aliphatic carbocycles. The van der Waals surface area contributed by atoms with Crippen LogP contribution in [-0.4, -0.2) is 0 Å². The highest BCUT2D eigenvalue weighted by molar-refractivity contribution is 9.09. The van der Waals surface area contributed by atoms with E-state index in [1.807, 2.05) is 0 Å². The lowest BCUT2D eigenvalue weighted by Gasteiger charge is -2.22. The smallest absolute Gasteiger partial charge is 0.0423 e. The third-order valence-corrected chi connectivity index (χ3v) is 5.64. The van der Waals surface area contributed by atoms with E-state index in [0.717, 1.165) is 11.8 Å². The summed E-state index contributed by atoms with van der Waals surface area (Å²) in [5.41, 5.74) is 3.05. The number of benzene rings is 1. The second kappa shape index (κ2) is 5.14. The van der Waals surface area contributed by atoms with Gasteiger partial charge < -0.3 is 0 Å². The van der Waals surface area contributed by atoms with Crippen LogP contribution in [0.3, 0.4) is 0 Å². The van der Waals surface area contributed by atoms with Crippen LogP contribution in [0.1, 0.15) is 66.8 Å². The third kappa shape index (κ3) is 2.76. The van der Waals surface area contributed by atoms with Gasteiger partial charge in [0.1, 0.15) is 0 Å². The van der Waals surface area contributed by atoms with Gasteiger partial charge in [-0.2, -0.15) is 0 Å². The molecule has 0 aliphatic heterocycles. The van der Waals surface area contributed by atoms with Gasteiger partial charge in [0.2, 0.25) is 0 Å². The van der Waals surface area contributed by atoms with Gasteiger partial charge in [-0.25, -0.2) is 0 Å². The molecule has 0 N–H and O–H groups in total. The maximum Gasteiger partial charge on any atom is 0.0423 e. The topological polar surface area (TPSA) is 0 Å². The van der Waals surface area contributed by atoms with E-state index in [-0.39, 0.29) is 0 Å². The number of halogens is 1. The average molecular weight is 293 g/mol. The molecule has 1 atom stereocenters. The molecule has 0 bridgehead atoms. The lowest BCUT2D eigenvalue weighted by atomic mass is 9.84. The fraction of sp³-hybridized carbons (Fsp3) is 0.625. The van der Waals surface area contributed by atoms with E-state index in [1.54, 1.807) is 5.56 Å². The van der Waals surface area contributed by atoms with Crippen LogP contribution >= 0.6 is 15.9 Å². The number of alkyl halides is 1. The second-order valence-corrected chi connectivity index (χ2v) is 6.73. The van der Waals surface area contributed by atoms with E-state index in [1.165, 1.54) is 50.5 Å². The lowest BCUT2D eigenvalue weighted by molar-refractivity contribution is 0.443. The van der Waals surface area contributed by atoms with Crippen molar-refractivity contribution in [2.24, 2.45) is 5.92 Å². The normalized spacial score (nSPS) is 23.6. The molecule has 1 aromatic rings. The Kier molecular flexibility index (Phi) is 3.56. The largest absolute Gasteiger partial charge is 0.0836 e. The van der Waals surface area contributed by atoms with Gasteiger partial charge in [-0.3, -0.25) is 0 Å². The van der Waals surface area contributed by atoms with Gasteiger partial charge in [0.15, 0.2) is 0 Å². The highest BCUT2D eigenvalue weighted by Gasteiger charge is 2.30. The molecule has 0 saturated heterocycles. The summed E-state index contributed by atoms with van der Waals surface area (Å²) in [6.07, 6.45) is 9.91. The van der Waals surface area contributed by atoms with Crippen LogP contribution in [-0.2, 0) is 0 Å². The summed E-state index contributed by atoms with van der Waals surface area (Å²) in [5.74, 6) is 1.74. The van der Waals surface area contributed by atoms with Gasteiger partial charge in [-0.1, -0.05) is 59.5 Å². The van der Waals surface area contributed by atoms with Crippen molar-refractivity contribution >= 4 is 15.9 Å². The summed E-state index contributed by atoms with van der Waals surface area (Å²) in [7, 11) is 0. The maximum atomic E-state index is 3.83. The first-order valence-corrected chi connectivity index (χ1v) is 8.00. The zero-order chi connectivity index (χ0) is 11.7. The molecule has 0 nitrogen and oxygen atoms in total. The summed E-state index contributed by atoms with van der Waals surface area (Å²) in [6, 6.07) is 9.45. The van der Waals surface area contributed by atoms with Crippen molar-refractivity contribution in [3.05, 3.63) is 35.4 Å². The van der Waals surface area contributed by atoms with E-state index >= 15 is 0 Å². The molecule has 17 heavy (non-hydrogen) atoms. The molecule has 0 aromatic heterocycles. The van der Waals surface area contributed by atoms with E-state index in [2.05, 4.69) is 40.2 Å². The monoisotopic (exact) mass is 292 g/mol. The van der Waals surface area contributed by atoms with Gasteiger partial charge in [0, 0.05) is 4.83 Å². The van der Waals surface area contributed by atoms with Crippen molar-refractivity contribution < 1.29 is 0 Å². The van der Waals surface area contributed by atoms with Crippen LogP contribution in [0, 0.1) is 5.92 Å². The molecule has 1 aromatic carbocycles. The van der Waals surface area contributed by atoms with Gasteiger partial charge in [0.05, 0.1) is 0 Å². The first-order chi connectivity index (χ1) is 8.34. The van der Waals surface area contributed by atoms with Crippen LogP contribution in [0.15, 0.2) is 24.3 Å². The molecule has 92 valence electrons. The van der Waals surface area contributed by atoms with Gasteiger partial charge in [0.25, 0.3) is 0 Å². The summed E-state index contributed by atoms with van der Waals surface area (Å²) in [6.45, 7) is 0. The summed E-state index contributed by atoms with van der Waals surface area (Å²) < 4.78 is 0. The van der Waals surface area contributed by atoms with E-state index in [0.29, 0.717) is 4.83 Å². The predicted octanol–water partition coefficient (Wildman–Crippen LogP) is 5.58. The minimum Gasteiger partial charge on any atom is -0.0836 e. The highest BCUT2D eigenvalue weighted by atomic mass is 79.9. The summed E-state index contributed by atoms with van der Waals surface area (Å²) in [5, 5.41) is 0. The fourth-order valence-electron chi connectivity index (χ4n) is 3.05. The summed E-state index contributed by atoms with van der Waals surface area (Å²) in [4.78, 5) is 0.600. The van der Waals surface area contributed by atoms with Crippen molar-refractivity contribution in [2.75, 3.05) is 0 Å². The van der Waals surface area contributed by atoms with Crippen molar-refractivity contribution in [3.63, 3.8) is 0 Å². The van der Waals surface area contributed by atoms with Crippen LogP contribution < -0.4 is 0 Å². The third-order valence-electron chi connectivity index (χ3n) is 4.37. The van der Waals surface area contributed by atoms with Crippen LogP contribution in [0.25, 0.3) is 0 Å². The van der Waals surface area contributed by atoms with Crippen molar-refractivity contribution in [1.82, 2.24) is 0 Å². The van der Waals surface area contributed by atoms with Crippen molar-refractivity contribution in [1.29, 1.82) is 0 Å². The second-order valence-electron chi connectivity index (χ2n) is 5.74. The van der Waals surface area contributed by atoms with Gasteiger partial charge >= 0.3 is 0 Å². The molecule has 2 aliphatic rings. The van der Waals surface area contributed by atoms with E-state index in [4.69, 9.17) is 0 Å². The molecule has 2 saturated carbocycles. The number of hydrogen-bond donors (Lipinski definition) is 0. The quantitative estimate of drug-likeness (QED) is 0.638. The number of hydrogen-bond acceptors (Lipinski definition) is 0. The highest BCUT2D eigenvalue weighted by Crippen LogP contribution is 2.46. The van der Waals surface area contributed by atoms with Crippen LogP contribution in [0.4, 0.5) is 0 Å². The van der Waals surface area contributed by atoms with Crippen LogP contribution in [0.5, 0.6) is 0 Å². The molecule has 1 unspecified atom stereocenters. The zero-order valence-electron chi connectivity index (χ0n) is 10.4. The fourth-order valence-corrected chi connectivity index (χ4v) is 3.88. The van der Waals surface area contributed by atoms with Gasteiger partial charge in [-0.05, 0) is 48.6 Å². The van der Waals surface area contributed by atoms with Crippen molar-refractivity contribution in [3.8, 4) is 0 Å². The van der Waals surface area contributed by atoms with Gasteiger partial charge in [-0.15, -0.1) is 0 Å². The Hall–Kier alpha value is -0.300. The molecular weight excluding hydrogens is 272 g/mol. The Morgan fingerprint density at radius 1 is 0.882 bits per heavy atom. The molecule has 0 spiro atoms. The van der Waals surface area contributed by atoms with E-state index in [9.17, 15) is 0 Å². The SMILES string of the molecule is BrC(c1ccc(C2CCCCC2)cc1)C1CC1. The minimum atomic E-state index is 0.600. The minimum absolute atomic E-state index is 0.600. The maximum absolute atomic E-state index is 3.83. The Labute approximate surface area is 113 Å².